The van der Waals surface area contributed by atoms with Crippen molar-refractivity contribution in [3.05, 3.63) is 23.5 Å². The molecule has 0 radical (unpaired) electrons. The Morgan fingerprint density at radius 2 is 1.83 bits per heavy atom. The molecule has 0 N–H and O–H groups in total. The number of aromatic nitrogens is 2. The number of anilines is 1. The Balaban J connectivity index is 1.46. The van der Waals surface area contributed by atoms with E-state index in [1.165, 1.54) is 6.07 Å². The van der Waals surface area contributed by atoms with E-state index in [4.69, 9.17) is 13.9 Å². The van der Waals surface area contributed by atoms with Crippen LogP contribution in [0.3, 0.4) is 0 Å². The minimum Gasteiger partial charge on any atom is -0.496 e. The van der Waals surface area contributed by atoms with Gasteiger partial charge in [0.25, 0.3) is 5.89 Å². The van der Waals surface area contributed by atoms with Crippen molar-refractivity contribution in [2.45, 2.75) is 38.6 Å². The summed E-state index contributed by atoms with van der Waals surface area (Å²) in [6, 6.07) is 4.16. The van der Waals surface area contributed by atoms with Gasteiger partial charge in [-0.1, -0.05) is 18.9 Å². The second-order valence-electron chi connectivity index (χ2n) is 7.99. The summed E-state index contributed by atoms with van der Waals surface area (Å²) in [6.45, 7) is 9.34. The molecule has 2 fully saturated rings. The Morgan fingerprint density at radius 3 is 2.48 bits per heavy atom. The molecule has 2 saturated heterocycles. The molecule has 158 valence electrons. The summed E-state index contributed by atoms with van der Waals surface area (Å²) in [4.78, 5) is 4.60. The number of hydrogen-bond acceptors (Lipinski definition) is 7. The maximum absolute atomic E-state index is 14.7. The van der Waals surface area contributed by atoms with Gasteiger partial charge in [0.1, 0.15) is 11.6 Å². The number of hydrogen-bond donors (Lipinski definition) is 0. The first-order valence-electron chi connectivity index (χ1n) is 10.3. The standard InChI is InChI=1S/C21H29FN4O3/c1-14(2)16-12-18(22)17(13-19(16)27-3)20-23-24-21(29-20)26-6-4-15(5-7-26)25-8-10-28-11-9-25/h12-15H,4-11H2,1-3H3. The second-order valence-corrected chi connectivity index (χ2v) is 7.99. The summed E-state index contributed by atoms with van der Waals surface area (Å²) < 4.78 is 31.4. The molecule has 0 atom stereocenters. The van der Waals surface area contributed by atoms with E-state index in [1.807, 2.05) is 13.8 Å². The van der Waals surface area contributed by atoms with Crippen molar-refractivity contribution in [1.29, 1.82) is 0 Å². The quantitative estimate of drug-likeness (QED) is 0.758. The van der Waals surface area contributed by atoms with Crippen LogP contribution in [0.4, 0.5) is 10.4 Å². The third kappa shape index (κ3) is 4.23. The highest BCUT2D eigenvalue weighted by Gasteiger charge is 2.28. The fourth-order valence-electron chi connectivity index (χ4n) is 4.18. The first-order valence-corrected chi connectivity index (χ1v) is 10.3. The van der Waals surface area contributed by atoms with E-state index in [0.29, 0.717) is 17.8 Å². The highest BCUT2D eigenvalue weighted by Crippen LogP contribution is 2.34. The average molecular weight is 404 g/mol. The lowest BCUT2D eigenvalue weighted by Gasteiger charge is -2.39. The highest BCUT2D eigenvalue weighted by atomic mass is 19.1. The predicted octanol–water partition coefficient (Wildman–Crippen LogP) is 3.31. The topological polar surface area (TPSA) is 63.9 Å². The van der Waals surface area contributed by atoms with Gasteiger partial charge in [-0.3, -0.25) is 4.90 Å². The van der Waals surface area contributed by atoms with Crippen LogP contribution in [-0.2, 0) is 4.74 Å². The molecule has 1 aromatic carbocycles. The third-order valence-corrected chi connectivity index (χ3v) is 5.88. The van der Waals surface area contributed by atoms with Crippen molar-refractivity contribution < 1.29 is 18.3 Å². The molecular weight excluding hydrogens is 375 g/mol. The lowest BCUT2D eigenvalue weighted by atomic mass is 9.99. The zero-order valence-electron chi connectivity index (χ0n) is 17.4. The van der Waals surface area contributed by atoms with Gasteiger partial charge in [0.05, 0.1) is 25.9 Å². The van der Waals surface area contributed by atoms with Crippen LogP contribution in [0.15, 0.2) is 16.5 Å². The molecule has 0 saturated carbocycles. The molecule has 29 heavy (non-hydrogen) atoms. The van der Waals surface area contributed by atoms with Gasteiger partial charge in [-0.25, -0.2) is 4.39 Å². The third-order valence-electron chi connectivity index (χ3n) is 5.88. The summed E-state index contributed by atoms with van der Waals surface area (Å²) >= 11 is 0. The Bertz CT molecular complexity index is 827. The van der Waals surface area contributed by atoms with E-state index in [1.54, 1.807) is 13.2 Å². The van der Waals surface area contributed by atoms with Gasteiger partial charge in [-0.15, -0.1) is 5.10 Å². The first-order chi connectivity index (χ1) is 14.1. The maximum atomic E-state index is 14.7. The highest BCUT2D eigenvalue weighted by molar-refractivity contribution is 5.60. The SMILES string of the molecule is COc1cc(-c2nnc(N3CCC(N4CCOCC4)CC3)o2)c(F)cc1C(C)C. The van der Waals surface area contributed by atoms with Crippen molar-refractivity contribution >= 4 is 6.01 Å². The zero-order valence-corrected chi connectivity index (χ0v) is 17.4. The van der Waals surface area contributed by atoms with Gasteiger partial charge in [0.15, 0.2) is 0 Å². The van der Waals surface area contributed by atoms with Crippen molar-refractivity contribution in [3.8, 4) is 17.2 Å². The number of halogens is 1. The van der Waals surface area contributed by atoms with Gasteiger partial charge in [-0.05, 0) is 36.5 Å². The molecule has 0 aliphatic carbocycles. The van der Waals surface area contributed by atoms with Crippen LogP contribution in [0.25, 0.3) is 11.5 Å². The number of methoxy groups -OCH3 is 1. The summed E-state index contributed by atoms with van der Waals surface area (Å²) in [5.74, 6) is 0.583. The lowest BCUT2D eigenvalue weighted by molar-refractivity contribution is 0.0113. The fraction of sp³-hybridized carbons (Fsp3) is 0.619. The van der Waals surface area contributed by atoms with Crippen LogP contribution in [-0.4, -0.2) is 67.6 Å². The Morgan fingerprint density at radius 1 is 1.10 bits per heavy atom. The van der Waals surface area contributed by atoms with E-state index in [0.717, 1.165) is 57.8 Å². The van der Waals surface area contributed by atoms with Gasteiger partial charge in [0.2, 0.25) is 0 Å². The Kier molecular flexibility index (Phi) is 6.01. The Labute approximate surface area is 170 Å². The fourth-order valence-corrected chi connectivity index (χ4v) is 4.18. The largest absolute Gasteiger partial charge is 0.496 e. The minimum atomic E-state index is -0.379. The van der Waals surface area contributed by atoms with Crippen LogP contribution < -0.4 is 9.64 Å². The molecule has 3 heterocycles. The van der Waals surface area contributed by atoms with Gasteiger partial charge in [-0.2, -0.15) is 0 Å². The van der Waals surface area contributed by atoms with Crippen LogP contribution in [0.2, 0.25) is 0 Å². The molecule has 0 spiro atoms. The van der Waals surface area contributed by atoms with Crippen molar-refractivity contribution in [3.63, 3.8) is 0 Å². The van der Waals surface area contributed by atoms with Crippen molar-refractivity contribution in [1.82, 2.24) is 15.1 Å². The zero-order chi connectivity index (χ0) is 20.4. The minimum absolute atomic E-state index is 0.152. The molecule has 2 aliphatic rings. The van der Waals surface area contributed by atoms with E-state index in [-0.39, 0.29) is 23.2 Å². The number of ether oxygens (including phenoxy) is 2. The number of nitrogens with zero attached hydrogens (tertiary/aromatic N) is 4. The van der Waals surface area contributed by atoms with Gasteiger partial charge < -0.3 is 18.8 Å². The maximum Gasteiger partial charge on any atom is 0.318 e. The first kappa shape index (κ1) is 20.1. The number of benzene rings is 1. The smallest absolute Gasteiger partial charge is 0.318 e. The second kappa shape index (κ2) is 8.67. The van der Waals surface area contributed by atoms with Crippen molar-refractivity contribution in [2.75, 3.05) is 51.4 Å². The number of morpholine rings is 1. The van der Waals surface area contributed by atoms with Crippen LogP contribution in [0.5, 0.6) is 5.75 Å². The monoisotopic (exact) mass is 404 g/mol. The normalized spacial score (nSPS) is 19.1. The molecule has 0 bridgehead atoms. The molecular formula is C21H29FN4O3. The average Bonchev–Trinajstić information content (AvgIpc) is 3.24. The lowest BCUT2D eigenvalue weighted by Crippen LogP contribution is -2.49. The molecule has 1 aromatic heterocycles. The molecule has 0 unspecified atom stereocenters. The summed E-state index contributed by atoms with van der Waals surface area (Å²) in [5.41, 5.74) is 1.09. The number of rotatable bonds is 5. The molecule has 2 aliphatic heterocycles. The van der Waals surface area contributed by atoms with Crippen LogP contribution in [0, 0.1) is 5.82 Å². The molecule has 0 amide bonds. The van der Waals surface area contributed by atoms with Gasteiger partial charge in [0, 0.05) is 32.2 Å². The van der Waals surface area contributed by atoms with Crippen LogP contribution in [0.1, 0.15) is 38.2 Å². The summed E-state index contributed by atoms with van der Waals surface area (Å²) in [5, 5.41) is 8.28. The van der Waals surface area contributed by atoms with E-state index in [9.17, 15) is 4.39 Å². The molecule has 8 heteroatoms. The van der Waals surface area contributed by atoms with Crippen LogP contribution >= 0.6 is 0 Å². The summed E-state index contributed by atoms with van der Waals surface area (Å²) in [6.07, 6.45) is 2.09. The van der Waals surface area contributed by atoms with E-state index < -0.39 is 0 Å². The molecule has 7 nitrogen and oxygen atoms in total. The van der Waals surface area contributed by atoms with Gasteiger partial charge >= 0.3 is 6.01 Å². The van der Waals surface area contributed by atoms with E-state index >= 15 is 0 Å². The Hall–Kier alpha value is -2.19. The number of piperidine rings is 1. The van der Waals surface area contributed by atoms with E-state index in [2.05, 4.69) is 20.0 Å². The van der Waals surface area contributed by atoms with Crippen molar-refractivity contribution in [2.24, 2.45) is 0 Å². The predicted molar refractivity (Wildman–Crippen MR) is 108 cm³/mol. The molecule has 2 aromatic rings. The summed E-state index contributed by atoms with van der Waals surface area (Å²) in [7, 11) is 1.58. The molecule has 4 rings (SSSR count).